The fourth-order valence-corrected chi connectivity index (χ4v) is 18.4. The number of aliphatic hydroxyl groups is 1. The van der Waals surface area contributed by atoms with Gasteiger partial charge in [0.05, 0.1) is 30.3 Å². The van der Waals surface area contributed by atoms with Crippen LogP contribution in [0.1, 0.15) is 106 Å². The molecule has 0 radical (unpaired) electrons. The molecule has 5 rings (SSSR count). The van der Waals surface area contributed by atoms with Gasteiger partial charge in [0.2, 0.25) is 0 Å². The lowest BCUT2D eigenvalue weighted by atomic mass is 9.44. The Kier molecular flexibility index (Phi) is 14.5. The van der Waals surface area contributed by atoms with Crippen LogP contribution in [0.15, 0.2) is 41.5 Å². The van der Waals surface area contributed by atoms with Crippen molar-refractivity contribution in [3.63, 3.8) is 0 Å². The summed E-state index contributed by atoms with van der Waals surface area (Å²) in [7, 11) is -7.35. The lowest BCUT2D eigenvalue weighted by Gasteiger charge is -2.70. The van der Waals surface area contributed by atoms with Crippen LogP contribution < -0.4 is 0 Å². The molecule has 0 aromatic heterocycles. The zero-order chi connectivity index (χ0) is 44.9. The number of rotatable bonds is 16. The van der Waals surface area contributed by atoms with E-state index in [0.717, 1.165) is 47.4 Å². The molecule has 0 amide bonds. The van der Waals surface area contributed by atoms with Crippen LogP contribution in [-0.4, -0.2) is 102 Å². The Morgan fingerprint density at radius 2 is 1.33 bits per heavy atom. The molecule has 1 saturated heterocycles. The van der Waals surface area contributed by atoms with E-state index in [1.165, 1.54) is 13.8 Å². The third-order valence-corrected chi connectivity index (χ3v) is 25.7. The number of hydrogen-bond donors (Lipinski definition) is 1. The van der Waals surface area contributed by atoms with E-state index in [0.29, 0.717) is 12.0 Å². The average molecular weight is 889 g/mol. The molecule has 2 bridgehead atoms. The standard InChI is InChI=1S/C46H76O11Si3/c1-16-59(17-2,18-3)56-35-27-36-45(29-51-36,54-32(9)48)39-41(53-42(49)33-25-23-22-24-26-33)46(50)28-34(55-58(13,14)15)30(7)37(43(46,10)11)38(57-60(19-4,20-5)21-6)40(44(35,39)12)52-31(8)47/h22-26,34-36,38-41,50H,16-21,27-29H2,1-15H3/t34?,35-,36+,38+,39?,40+,41-,44+,45-,46+/m0/s1. The van der Waals surface area contributed by atoms with Crippen molar-refractivity contribution < 1.29 is 51.7 Å². The van der Waals surface area contributed by atoms with Gasteiger partial charge in [-0.3, -0.25) is 9.59 Å². The molecule has 3 aliphatic carbocycles. The molecule has 1 aromatic rings. The molecule has 14 heteroatoms. The highest BCUT2D eigenvalue weighted by molar-refractivity contribution is 6.74. The number of carbonyl (C=O) groups excluding carboxylic acids is 3. The van der Waals surface area contributed by atoms with Crippen molar-refractivity contribution in [1.82, 2.24) is 0 Å². The molecule has 11 nitrogen and oxygen atoms in total. The Hall–Kier alpha value is -2.18. The largest absolute Gasteiger partial charge is 0.459 e. The Balaban J connectivity index is 2.02. The first-order chi connectivity index (χ1) is 27.9. The van der Waals surface area contributed by atoms with E-state index < -0.39 is 107 Å². The molecule has 10 atom stereocenters. The summed E-state index contributed by atoms with van der Waals surface area (Å²) in [6, 6.07) is 13.7. The normalized spacial score (nSPS) is 34.0. The monoisotopic (exact) mass is 888 g/mol. The van der Waals surface area contributed by atoms with Crippen LogP contribution >= 0.6 is 0 Å². The lowest BCUT2D eigenvalue weighted by Crippen LogP contribution is -2.83. The number of esters is 3. The van der Waals surface area contributed by atoms with Crippen LogP contribution in [0.25, 0.3) is 0 Å². The highest BCUT2D eigenvalue weighted by Crippen LogP contribution is 2.67. The van der Waals surface area contributed by atoms with Crippen LogP contribution in [-0.2, 0) is 41.8 Å². The first-order valence-corrected chi connectivity index (χ1v) is 31.1. The maximum absolute atomic E-state index is 14.8. The smallest absolute Gasteiger partial charge is 0.338 e. The maximum Gasteiger partial charge on any atom is 0.338 e. The molecule has 0 spiro atoms. The summed E-state index contributed by atoms with van der Waals surface area (Å²) in [6.07, 6.45) is -4.71. The van der Waals surface area contributed by atoms with Crippen molar-refractivity contribution in [3.8, 4) is 0 Å². The van der Waals surface area contributed by atoms with E-state index in [1.54, 1.807) is 24.3 Å². The van der Waals surface area contributed by atoms with E-state index in [-0.39, 0.29) is 13.0 Å². The number of ether oxygens (including phenoxy) is 4. The first-order valence-electron chi connectivity index (χ1n) is 22.7. The summed E-state index contributed by atoms with van der Waals surface area (Å²) in [5.74, 6) is -2.67. The topological polar surface area (TPSA) is 136 Å². The molecule has 1 heterocycles. The Labute approximate surface area is 363 Å². The van der Waals surface area contributed by atoms with Gasteiger partial charge in [0.15, 0.2) is 30.6 Å². The van der Waals surface area contributed by atoms with Crippen molar-refractivity contribution in [2.45, 2.75) is 200 Å². The predicted octanol–water partition coefficient (Wildman–Crippen LogP) is 9.36. The molecular formula is C46H76O11Si3. The van der Waals surface area contributed by atoms with Gasteiger partial charge in [0.1, 0.15) is 30.0 Å². The van der Waals surface area contributed by atoms with Gasteiger partial charge >= 0.3 is 17.9 Å². The fourth-order valence-electron chi connectivity index (χ4n) is 11.6. The van der Waals surface area contributed by atoms with Gasteiger partial charge < -0.3 is 37.3 Å². The van der Waals surface area contributed by atoms with Crippen LogP contribution in [0, 0.1) is 16.7 Å². The third kappa shape index (κ3) is 8.34. The highest BCUT2D eigenvalue weighted by atomic mass is 28.4. The van der Waals surface area contributed by atoms with Gasteiger partial charge in [-0.2, -0.15) is 0 Å². The first kappa shape index (κ1) is 48.8. The van der Waals surface area contributed by atoms with E-state index >= 15 is 0 Å². The Bertz CT molecular complexity index is 1740. The molecule has 1 aliphatic heterocycles. The molecule has 2 unspecified atom stereocenters. The fraction of sp³-hybridized carbons (Fsp3) is 0.761. The minimum Gasteiger partial charge on any atom is -0.459 e. The van der Waals surface area contributed by atoms with E-state index in [9.17, 15) is 19.5 Å². The van der Waals surface area contributed by atoms with Crippen molar-refractivity contribution in [3.05, 3.63) is 47.0 Å². The van der Waals surface area contributed by atoms with Gasteiger partial charge in [0, 0.05) is 37.5 Å². The van der Waals surface area contributed by atoms with Crippen LogP contribution in [0.4, 0.5) is 0 Å². The molecule has 3 fully saturated rings. The molecule has 338 valence electrons. The average Bonchev–Trinajstić information content (AvgIpc) is 3.18. The molecule has 2 saturated carbocycles. The predicted molar refractivity (Wildman–Crippen MR) is 240 cm³/mol. The number of carbonyl (C=O) groups is 3. The Morgan fingerprint density at radius 1 is 0.783 bits per heavy atom. The quantitative estimate of drug-likeness (QED) is 0.0736. The second-order valence-corrected chi connectivity index (χ2v) is 33.8. The van der Waals surface area contributed by atoms with E-state index in [4.69, 9.17) is 32.2 Å². The SMILES string of the molecule is CC[Si](CC)(CC)O[C@@H]1C2=C(C)C(O[Si](C)(C)C)C[C@@](O)([C@@H](OC(=O)c3ccccc3)C3[C@@](C)([C@@H](O[Si](CC)(CC)CC)C[C@H]4OC[C@@]34OC(C)=O)[C@@H]1OC(C)=O)C2(C)C. The van der Waals surface area contributed by atoms with Crippen molar-refractivity contribution >= 4 is 42.9 Å². The third-order valence-electron chi connectivity index (χ3n) is 15.5. The lowest BCUT2D eigenvalue weighted by molar-refractivity contribution is -0.363. The molecular weight excluding hydrogens is 813 g/mol. The van der Waals surface area contributed by atoms with Gasteiger partial charge in [-0.25, -0.2) is 4.79 Å². The molecule has 1 aromatic carbocycles. The van der Waals surface area contributed by atoms with E-state index in [2.05, 4.69) is 68.1 Å². The van der Waals surface area contributed by atoms with Crippen LogP contribution in [0.2, 0.25) is 55.9 Å². The van der Waals surface area contributed by atoms with Crippen molar-refractivity contribution in [2.75, 3.05) is 6.61 Å². The molecule has 4 aliphatic rings. The van der Waals surface area contributed by atoms with Crippen molar-refractivity contribution in [1.29, 1.82) is 0 Å². The minimum atomic E-state index is -2.57. The minimum absolute atomic E-state index is 0.00946. The summed E-state index contributed by atoms with van der Waals surface area (Å²) >= 11 is 0. The zero-order valence-corrected chi connectivity index (χ0v) is 42.3. The highest BCUT2D eigenvalue weighted by Gasteiger charge is 2.79. The van der Waals surface area contributed by atoms with E-state index in [1.807, 2.05) is 26.8 Å². The number of fused-ring (bicyclic) bond motifs is 5. The Morgan fingerprint density at radius 3 is 1.80 bits per heavy atom. The summed E-state index contributed by atoms with van der Waals surface area (Å²) in [6.45, 7) is 30.3. The van der Waals surface area contributed by atoms with Gasteiger partial charge in [-0.05, 0) is 86.1 Å². The summed E-state index contributed by atoms with van der Waals surface area (Å²) in [5, 5.41) is 14.3. The van der Waals surface area contributed by atoms with Gasteiger partial charge in [-0.15, -0.1) is 0 Å². The summed E-state index contributed by atoms with van der Waals surface area (Å²) in [4.78, 5) is 42.2. The van der Waals surface area contributed by atoms with Crippen LogP contribution in [0.5, 0.6) is 0 Å². The van der Waals surface area contributed by atoms with Gasteiger partial charge in [-0.1, -0.05) is 80.5 Å². The maximum atomic E-state index is 14.8. The van der Waals surface area contributed by atoms with Crippen molar-refractivity contribution in [2.24, 2.45) is 16.7 Å². The summed E-state index contributed by atoms with van der Waals surface area (Å²) in [5.41, 5.74) is -3.68. The zero-order valence-electron chi connectivity index (χ0n) is 39.3. The summed E-state index contributed by atoms with van der Waals surface area (Å²) < 4.78 is 49.3. The second kappa shape index (κ2) is 17.8. The number of benzene rings is 1. The molecule has 60 heavy (non-hydrogen) atoms. The number of hydrogen-bond acceptors (Lipinski definition) is 11. The van der Waals surface area contributed by atoms with Gasteiger partial charge in [0.25, 0.3) is 0 Å². The second-order valence-electron chi connectivity index (χ2n) is 19.9. The molecule has 1 N–H and O–H groups in total. The van der Waals surface area contributed by atoms with Crippen LogP contribution in [0.3, 0.4) is 0 Å².